The van der Waals surface area contributed by atoms with E-state index in [-0.39, 0.29) is 11.1 Å². The Morgan fingerprint density at radius 3 is 2.70 bits per heavy atom. The van der Waals surface area contributed by atoms with Crippen LogP contribution in [0.3, 0.4) is 0 Å². The van der Waals surface area contributed by atoms with E-state index in [2.05, 4.69) is 15.5 Å². The summed E-state index contributed by atoms with van der Waals surface area (Å²) in [5.41, 5.74) is 1.68. The monoisotopic (exact) mass is 270 g/mol. The predicted molar refractivity (Wildman–Crippen MR) is 70.6 cm³/mol. The van der Waals surface area contributed by atoms with E-state index in [1.54, 1.807) is 12.1 Å². The number of hydrogen-bond donors (Lipinski definition) is 1. The molecular weight excluding hydrogens is 259 g/mol. The van der Waals surface area contributed by atoms with Crippen molar-refractivity contribution in [3.05, 3.63) is 52.5 Å². The molecule has 1 heterocycles. The minimum atomic E-state index is -0.657. The van der Waals surface area contributed by atoms with Crippen LogP contribution in [0.15, 0.2) is 24.3 Å². The number of halogens is 1. The molecule has 0 atom stereocenters. The SMILES string of the molecule is Cc1cc(NC(=O)c2ccc(F)c(C#N)c2)nnc1C. The van der Waals surface area contributed by atoms with Crippen LogP contribution in [0.1, 0.15) is 27.2 Å². The summed E-state index contributed by atoms with van der Waals surface area (Å²) in [6.07, 6.45) is 0. The number of carbonyl (C=O) groups excluding carboxylic acids is 1. The number of anilines is 1. The van der Waals surface area contributed by atoms with Crippen LogP contribution in [0, 0.1) is 31.0 Å². The average Bonchev–Trinajstić information content (AvgIpc) is 2.43. The largest absolute Gasteiger partial charge is 0.305 e. The Bertz CT molecular complexity index is 722. The first-order chi connectivity index (χ1) is 9.51. The molecule has 1 aromatic heterocycles. The van der Waals surface area contributed by atoms with Crippen molar-refractivity contribution in [3.8, 4) is 6.07 Å². The average molecular weight is 270 g/mol. The van der Waals surface area contributed by atoms with Crippen molar-refractivity contribution in [2.75, 3.05) is 5.32 Å². The van der Waals surface area contributed by atoms with Crippen LogP contribution < -0.4 is 5.32 Å². The van der Waals surface area contributed by atoms with Crippen molar-refractivity contribution in [2.24, 2.45) is 0 Å². The number of amides is 1. The zero-order valence-electron chi connectivity index (χ0n) is 10.9. The third kappa shape index (κ3) is 2.78. The number of benzene rings is 1. The van der Waals surface area contributed by atoms with Gasteiger partial charge in [0.15, 0.2) is 5.82 Å². The Morgan fingerprint density at radius 2 is 2.05 bits per heavy atom. The first kappa shape index (κ1) is 13.6. The van der Waals surface area contributed by atoms with Crippen molar-refractivity contribution in [3.63, 3.8) is 0 Å². The molecule has 0 bridgehead atoms. The summed E-state index contributed by atoms with van der Waals surface area (Å²) in [5.74, 6) is -0.824. The zero-order valence-corrected chi connectivity index (χ0v) is 10.9. The molecule has 0 spiro atoms. The van der Waals surface area contributed by atoms with E-state index in [9.17, 15) is 9.18 Å². The Hall–Kier alpha value is -2.81. The lowest BCUT2D eigenvalue weighted by atomic mass is 10.1. The highest BCUT2D eigenvalue weighted by molar-refractivity contribution is 6.03. The van der Waals surface area contributed by atoms with Crippen molar-refractivity contribution in [2.45, 2.75) is 13.8 Å². The smallest absolute Gasteiger partial charge is 0.256 e. The lowest BCUT2D eigenvalue weighted by molar-refractivity contribution is 0.102. The lowest BCUT2D eigenvalue weighted by Gasteiger charge is -2.06. The zero-order chi connectivity index (χ0) is 14.7. The van der Waals surface area contributed by atoms with Gasteiger partial charge in [-0.15, -0.1) is 5.10 Å². The molecule has 2 aromatic rings. The predicted octanol–water partition coefficient (Wildman–Crippen LogP) is 2.36. The third-order valence-electron chi connectivity index (χ3n) is 2.82. The van der Waals surface area contributed by atoms with Gasteiger partial charge in [0, 0.05) is 5.56 Å². The first-order valence-corrected chi connectivity index (χ1v) is 5.83. The van der Waals surface area contributed by atoms with Crippen molar-refractivity contribution in [1.82, 2.24) is 10.2 Å². The van der Waals surface area contributed by atoms with Crippen LogP contribution in [-0.4, -0.2) is 16.1 Å². The molecule has 1 aromatic carbocycles. The Kier molecular flexibility index (Phi) is 3.71. The summed E-state index contributed by atoms with van der Waals surface area (Å²) in [6.45, 7) is 3.67. The van der Waals surface area contributed by atoms with Crippen molar-refractivity contribution < 1.29 is 9.18 Å². The van der Waals surface area contributed by atoms with Gasteiger partial charge in [-0.25, -0.2) is 4.39 Å². The molecule has 1 amide bonds. The number of aromatic nitrogens is 2. The van der Waals surface area contributed by atoms with Gasteiger partial charge in [-0.2, -0.15) is 10.4 Å². The Labute approximate surface area is 115 Å². The fourth-order valence-electron chi connectivity index (χ4n) is 1.55. The maximum Gasteiger partial charge on any atom is 0.256 e. The number of hydrogen-bond acceptors (Lipinski definition) is 4. The number of nitrogens with zero attached hydrogens (tertiary/aromatic N) is 3. The van der Waals surface area contributed by atoms with Gasteiger partial charge in [0.05, 0.1) is 11.3 Å². The van der Waals surface area contributed by atoms with Crippen LogP contribution in [0.4, 0.5) is 10.2 Å². The van der Waals surface area contributed by atoms with Gasteiger partial charge in [-0.3, -0.25) is 4.79 Å². The van der Waals surface area contributed by atoms with Gasteiger partial charge in [-0.1, -0.05) is 0 Å². The number of rotatable bonds is 2. The first-order valence-electron chi connectivity index (χ1n) is 5.83. The minimum absolute atomic E-state index is 0.177. The summed E-state index contributed by atoms with van der Waals surface area (Å²) in [4.78, 5) is 12.0. The van der Waals surface area contributed by atoms with E-state index in [0.717, 1.165) is 17.3 Å². The van der Waals surface area contributed by atoms with E-state index in [1.807, 2.05) is 13.8 Å². The molecule has 0 unspecified atom stereocenters. The second-order valence-electron chi connectivity index (χ2n) is 4.26. The normalized spacial score (nSPS) is 9.90. The molecule has 0 saturated carbocycles. The highest BCUT2D eigenvalue weighted by Gasteiger charge is 2.11. The fraction of sp³-hybridized carbons (Fsp3) is 0.143. The molecule has 20 heavy (non-hydrogen) atoms. The quantitative estimate of drug-likeness (QED) is 0.908. The number of aryl methyl sites for hydroxylation is 2. The van der Waals surface area contributed by atoms with E-state index in [1.165, 1.54) is 12.1 Å². The summed E-state index contributed by atoms with van der Waals surface area (Å²) < 4.78 is 13.2. The second-order valence-corrected chi connectivity index (χ2v) is 4.26. The molecule has 100 valence electrons. The Balaban J connectivity index is 2.24. The molecule has 6 heteroatoms. The molecule has 0 aliphatic rings. The molecule has 5 nitrogen and oxygen atoms in total. The van der Waals surface area contributed by atoms with Crippen LogP contribution in [0.2, 0.25) is 0 Å². The standard InChI is InChI=1S/C14H11FN4O/c1-8-5-13(19-18-9(8)2)17-14(20)10-3-4-12(15)11(6-10)7-16/h3-6H,1-2H3,(H,17,19,20). The topological polar surface area (TPSA) is 78.7 Å². The van der Waals surface area contributed by atoms with E-state index in [0.29, 0.717) is 5.82 Å². The third-order valence-corrected chi connectivity index (χ3v) is 2.82. The summed E-state index contributed by atoms with van der Waals surface area (Å²) in [6, 6.07) is 6.96. The molecule has 0 aliphatic carbocycles. The van der Waals surface area contributed by atoms with Crippen LogP contribution in [0.25, 0.3) is 0 Å². The molecule has 0 saturated heterocycles. The highest BCUT2D eigenvalue weighted by atomic mass is 19.1. The summed E-state index contributed by atoms with van der Waals surface area (Å²) in [7, 11) is 0. The van der Waals surface area contributed by atoms with Crippen molar-refractivity contribution in [1.29, 1.82) is 5.26 Å². The van der Waals surface area contributed by atoms with Crippen molar-refractivity contribution >= 4 is 11.7 Å². The van der Waals surface area contributed by atoms with E-state index < -0.39 is 11.7 Å². The Morgan fingerprint density at radius 1 is 1.30 bits per heavy atom. The number of carbonyl (C=O) groups is 1. The fourth-order valence-corrected chi connectivity index (χ4v) is 1.55. The van der Waals surface area contributed by atoms with Gasteiger partial charge in [0.1, 0.15) is 11.9 Å². The van der Waals surface area contributed by atoms with Gasteiger partial charge in [-0.05, 0) is 43.7 Å². The van der Waals surface area contributed by atoms with E-state index >= 15 is 0 Å². The number of nitrogens with one attached hydrogen (secondary N) is 1. The second kappa shape index (κ2) is 5.45. The van der Waals surface area contributed by atoms with Crippen LogP contribution >= 0.6 is 0 Å². The van der Waals surface area contributed by atoms with Gasteiger partial charge >= 0.3 is 0 Å². The van der Waals surface area contributed by atoms with Gasteiger partial charge in [0.2, 0.25) is 0 Å². The molecule has 0 fully saturated rings. The maximum absolute atomic E-state index is 13.2. The summed E-state index contributed by atoms with van der Waals surface area (Å²) >= 11 is 0. The molecule has 2 rings (SSSR count). The van der Waals surface area contributed by atoms with Gasteiger partial charge < -0.3 is 5.32 Å². The van der Waals surface area contributed by atoms with E-state index in [4.69, 9.17) is 5.26 Å². The molecule has 1 N–H and O–H groups in total. The minimum Gasteiger partial charge on any atom is -0.305 e. The molecular formula is C14H11FN4O. The van der Waals surface area contributed by atoms with Gasteiger partial charge in [0.25, 0.3) is 5.91 Å². The molecule has 0 aliphatic heterocycles. The highest BCUT2D eigenvalue weighted by Crippen LogP contribution is 2.13. The molecule has 0 radical (unpaired) electrons. The lowest BCUT2D eigenvalue weighted by Crippen LogP contribution is -2.14. The summed E-state index contributed by atoms with van der Waals surface area (Å²) in [5, 5.41) is 19.0. The number of nitriles is 1. The van der Waals surface area contributed by atoms with Crippen LogP contribution in [0.5, 0.6) is 0 Å². The maximum atomic E-state index is 13.2. The van der Waals surface area contributed by atoms with Crippen LogP contribution in [-0.2, 0) is 0 Å².